The highest BCUT2D eigenvalue weighted by atomic mass is 14.2. The summed E-state index contributed by atoms with van der Waals surface area (Å²) in [5, 5.41) is 16.5. The Morgan fingerprint density at radius 3 is 1.43 bits per heavy atom. The fourth-order valence-corrected chi connectivity index (χ4v) is 0.725. The van der Waals surface area contributed by atoms with Gasteiger partial charge in [-0.3, -0.25) is 0 Å². The Hall–Kier alpha value is -1.90. The Balaban J connectivity index is 3.40. The third-order valence-corrected chi connectivity index (χ3v) is 1.42. The van der Waals surface area contributed by atoms with Crippen LogP contribution in [-0.2, 0) is 0 Å². The molecular formula is C12H12N2. The third-order valence-electron chi connectivity index (χ3n) is 1.42. The first-order valence-electron chi connectivity index (χ1n) is 4.61. The second kappa shape index (κ2) is 11.1. The SMILES string of the molecule is N#CCCCC#CC#CCCCC#N. The van der Waals surface area contributed by atoms with Gasteiger partial charge in [-0.1, -0.05) is 11.8 Å². The van der Waals surface area contributed by atoms with Crippen molar-refractivity contribution in [3.05, 3.63) is 0 Å². The molecular weight excluding hydrogens is 172 g/mol. The van der Waals surface area contributed by atoms with Gasteiger partial charge in [-0.2, -0.15) is 10.5 Å². The normalized spacial score (nSPS) is 7.00. The Labute approximate surface area is 85.5 Å². The van der Waals surface area contributed by atoms with Gasteiger partial charge in [0.1, 0.15) is 0 Å². The molecule has 0 aromatic carbocycles. The highest BCUT2D eigenvalue weighted by molar-refractivity contribution is 5.25. The standard InChI is InChI=1S/C12H12N2/c13-11-9-7-5-3-1-2-4-6-8-10-12-14/h5-10H2. The average Bonchev–Trinajstić information content (AvgIpc) is 2.21. The van der Waals surface area contributed by atoms with E-state index in [2.05, 4.69) is 35.8 Å². The van der Waals surface area contributed by atoms with E-state index >= 15 is 0 Å². The van der Waals surface area contributed by atoms with Gasteiger partial charge in [-0.15, -0.1) is 0 Å². The van der Waals surface area contributed by atoms with E-state index in [9.17, 15) is 0 Å². The number of hydrogen-bond donors (Lipinski definition) is 0. The molecule has 0 rings (SSSR count). The summed E-state index contributed by atoms with van der Waals surface area (Å²) in [6.45, 7) is 0. The van der Waals surface area contributed by atoms with Crippen molar-refractivity contribution in [1.82, 2.24) is 0 Å². The largest absolute Gasteiger partial charge is 0.198 e. The molecule has 0 unspecified atom stereocenters. The van der Waals surface area contributed by atoms with Crippen molar-refractivity contribution in [1.29, 1.82) is 10.5 Å². The molecule has 0 aliphatic carbocycles. The molecule has 0 aromatic rings. The maximum atomic E-state index is 8.24. The molecule has 0 spiro atoms. The van der Waals surface area contributed by atoms with Crippen molar-refractivity contribution in [2.75, 3.05) is 0 Å². The number of unbranched alkanes of at least 4 members (excludes halogenated alkanes) is 4. The lowest BCUT2D eigenvalue weighted by molar-refractivity contribution is 0.893. The van der Waals surface area contributed by atoms with Gasteiger partial charge in [-0.25, -0.2) is 0 Å². The van der Waals surface area contributed by atoms with Gasteiger partial charge in [0.15, 0.2) is 0 Å². The number of hydrogen-bond acceptors (Lipinski definition) is 2. The first-order valence-corrected chi connectivity index (χ1v) is 4.61. The summed E-state index contributed by atoms with van der Waals surface area (Å²) in [5.41, 5.74) is 0. The van der Waals surface area contributed by atoms with E-state index in [1.165, 1.54) is 0 Å². The summed E-state index contributed by atoms with van der Waals surface area (Å²) >= 11 is 0. The highest BCUT2D eigenvalue weighted by Crippen LogP contribution is 1.91. The number of nitriles is 2. The van der Waals surface area contributed by atoms with Crippen molar-refractivity contribution >= 4 is 0 Å². The minimum Gasteiger partial charge on any atom is -0.198 e. The van der Waals surface area contributed by atoms with Crippen LogP contribution in [0.25, 0.3) is 0 Å². The Morgan fingerprint density at radius 2 is 1.07 bits per heavy atom. The zero-order valence-corrected chi connectivity index (χ0v) is 8.14. The second-order valence-electron chi connectivity index (χ2n) is 2.63. The molecule has 70 valence electrons. The summed E-state index contributed by atoms with van der Waals surface area (Å²) in [4.78, 5) is 0. The molecule has 0 bridgehead atoms. The van der Waals surface area contributed by atoms with Crippen molar-refractivity contribution < 1.29 is 0 Å². The van der Waals surface area contributed by atoms with Crippen LogP contribution in [0.3, 0.4) is 0 Å². The van der Waals surface area contributed by atoms with Crippen LogP contribution < -0.4 is 0 Å². The van der Waals surface area contributed by atoms with Crippen LogP contribution in [-0.4, -0.2) is 0 Å². The molecule has 0 saturated carbocycles. The molecule has 2 heteroatoms. The fraction of sp³-hybridized carbons (Fsp3) is 0.500. The van der Waals surface area contributed by atoms with Gasteiger partial charge in [0.2, 0.25) is 0 Å². The molecule has 0 aliphatic rings. The lowest BCUT2D eigenvalue weighted by atomic mass is 10.2. The molecule has 0 aromatic heterocycles. The smallest absolute Gasteiger partial charge is 0.0622 e. The second-order valence-corrected chi connectivity index (χ2v) is 2.63. The topological polar surface area (TPSA) is 47.6 Å². The van der Waals surface area contributed by atoms with E-state index < -0.39 is 0 Å². The van der Waals surface area contributed by atoms with Gasteiger partial charge in [-0.05, 0) is 24.7 Å². The van der Waals surface area contributed by atoms with Crippen LogP contribution in [0.5, 0.6) is 0 Å². The van der Waals surface area contributed by atoms with Crippen LogP contribution in [0.1, 0.15) is 38.5 Å². The molecule has 0 atom stereocenters. The monoisotopic (exact) mass is 184 g/mol. The van der Waals surface area contributed by atoms with E-state index in [-0.39, 0.29) is 0 Å². The van der Waals surface area contributed by atoms with Gasteiger partial charge in [0.25, 0.3) is 0 Å². The van der Waals surface area contributed by atoms with E-state index in [1.807, 2.05) is 0 Å². The van der Waals surface area contributed by atoms with Crippen LogP contribution in [0.2, 0.25) is 0 Å². The number of nitrogens with zero attached hydrogens (tertiary/aromatic N) is 2. The summed E-state index contributed by atoms with van der Waals surface area (Å²) in [7, 11) is 0. The Kier molecular flexibility index (Phi) is 9.59. The van der Waals surface area contributed by atoms with Gasteiger partial charge >= 0.3 is 0 Å². The van der Waals surface area contributed by atoms with Gasteiger partial charge in [0.05, 0.1) is 12.1 Å². The van der Waals surface area contributed by atoms with E-state index in [0.29, 0.717) is 12.8 Å². The Bertz CT molecular complexity index is 297. The minimum atomic E-state index is 0.560. The quantitative estimate of drug-likeness (QED) is 0.497. The molecule has 14 heavy (non-hydrogen) atoms. The maximum absolute atomic E-state index is 8.24. The van der Waals surface area contributed by atoms with Crippen LogP contribution in [0, 0.1) is 46.3 Å². The van der Waals surface area contributed by atoms with Gasteiger partial charge < -0.3 is 0 Å². The maximum Gasteiger partial charge on any atom is 0.0622 e. The number of rotatable bonds is 4. The van der Waals surface area contributed by atoms with E-state index in [1.54, 1.807) is 0 Å². The predicted molar refractivity (Wildman–Crippen MR) is 54.5 cm³/mol. The Morgan fingerprint density at radius 1 is 0.643 bits per heavy atom. The molecule has 0 fully saturated rings. The summed E-state index contributed by atoms with van der Waals surface area (Å²) in [5.74, 6) is 11.2. The molecule has 2 nitrogen and oxygen atoms in total. The first-order chi connectivity index (χ1) is 6.91. The minimum absolute atomic E-state index is 0.560. The predicted octanol–water partition coefficient (Wildman–Crippen LogP) is 2.38. The van der Waals surface area contributed by atoms with E-state index in [4.69, 9.17) is 10.5 Å². The molecule has 0 amide bonds. The lowest BCUT2D eigenvalue weighted by Gasteiger charge is -1.80. The average molecular weight is 184 g/mol. The van der Waals surface area contributed by atoms with Gasteiger partial charge in [0, 0.05) is 25.7 Å². The zero-order valence-electron chi connectivity index (χ0n) is 8.14. The fourth-order valence-electron chi connectivity index (χ4n) is 0.725. The third kappa shape index (κ3) is 10.1. The molecule has 0 N–H and O–H groups in total. The molecule has 0 aliphatic heterocycles. The van der Waals surface area contributed by atoms with Crippen molar-refractivity contribution in [3.8, 4) is 35.8 Å². The first kappa shape index (κ1) is 12.1. The molecule has 0 saturated heterocycles. The molecule has 0 radical (unpaired) electrons. The molecule has 0 heterocycles. The van der Waals surface area contributed by atoms with Crippen molar-refractivity contribution in [2.24, 2.45) is 0 Å². The highest BCUT2D eigenvalue weighted by Gasteiger charge is 1.80. The summed E-state index contributed by atoms with van der Waals surface area (Å²) in [6.07, 6.45) is 4.23. The van der Waals surface area contributed by atoms with Crippen LogP contribution in [0.4, 0.5) is 0 Å². The zero-order chi connectivity index (χ0) is 10.5. The van der Waals surface area contributed by atoms with Crippen molar-refractivity contribution in [2.45, 2.75) is 38.5 Å². The van der Waals surface area contributed by atoms with E-state index in [0.717, 1.165) is 25.7 Å². The van der Waals surface area contributed by atoms with Crippen LogP contribution >= 0.6 is 0 Å². The lowest BCUT2D eigenvalue weighted by Crippen LogP contribution is -1.69. The summed E-state index contributed by atoms with van der Waals surface area (Å²) in [6, 6.07) is 4.12. The van der Waals surface area contributed by atoms with Crippen molar-refractivity contribution in [3.63, 3.8) is 0 Å². The summed E-state index contributed by atoms with van der Waals surface area (Å²) < 4.78 is 0. The van der Waals surface area contributed by atoms with Crippen LogP contribution in [0.15, 0.2) is 0 Å².